The summed E-state index contributed by atoms with van der Waals surface area (Å²) in [5.74, 6) is 0. The van der Waals surface area contributed by atoms with Gasteiger partial charge in [0.15, 0.2) is 0 Å². The van der Waals surface area contributed by atoms with Crippen molar-refractivity contribution in [1.29, 1.82) is 0 Å². The minimum Gasteiger partial charge on any atom is -0.255 e. The maximum Gasteiger partial charge on any atom is 0.0888 e. The van der Waals surface area contributed by atoms with Crippen molar-refractivity contribution in [2.75, 3.05) is 0 Å². The Morgan fingerprint density at radius 1 is 0.414 bits per heavy atom. The number of aromatic nitrogens is 4. The molecule has 0 spiro atoms. The molecule has 4 aromatic heterocycles. The number of pyridine rings is 4. The molecule has 0 amide bonds. The first kappa shape index (κ1) is 22.5. The number of hydrogen-bond acceptors (Lipinski definition) is 4. The molecule has 0 aromatic carbocycles. The third-order valence-corrected chi connectivity index (χ3v) is 4.19. The zero-order chi connectivity index (χ0) is 19.9. The van der Waals surface area contributed by atoms with Gasteiger partial charge in [0, 0.05) is 44.6 Å². The number of hydrogen-bond donors (Lipinski definition) is 0. The molecule has 0 unspecified atom stereocenters. The molecule has 0 aliphatic carbocycles. The third kappa shape index (κ3) is 6.66. The largest absolute Gasteiger partial charge is 0.255 e. The van der Waals surface area contributed by atoms with Crippen LogP contribution in [0.5, 0.6) is 0 Å². The zero-order valence-electron chi connectivity index (χ0n) is 17.1. The van der Waals surface area contributed by atoms with Gasteiger partial charge < -0.3 is 0 Å². The summed E-state index contributed by atoms with van der Waals surface area (Å²) in [6, 6.07) is 16.1. The van der Waals surface area contributed by atoms with Gasteiger partial charge in [-0.05, 0) is 98.5 Å². The SMILES string of the molecule is Cc1ccnc(-c2cc(C)ccn2)c1.Cc1ccnc(-c2cc(C)ccn2)c1.[Os]. The van der Waals surface area contributed by atoms with Gasteiger partial charge in [0.2, 0.25) is 0 Å². The average Bonchev–Trinajstić information content (AvgIpc) is 2.69. The van der Waals surface area contributed by atoms with E-state index < -0.39 is 0 Å². The molecule has 0 aliphatic rings. The Bertz CT molecular complexity index is 905. The Morgan fingerprint density at radius 3 is 0.793 bits per heavy atom. The molecule has 5 heteroatoms. The van der Waals surface area contributed by atoms with E-state index in [0.29, 0.717) is 0 Å². The maximum absolute atomic E-state index is 4.29. The monoisotopic (exact) mass is 560 g/mol. The minimum absolute atomic E-state index is 0. The second kappa shape index (κ2) is 10.7. The van der Waals surface area contributed by atoms with Crippen molar-refractivity contribution in [2.45, 2.75) is 27.7 Å². The molecule has 4 heterocycles. The van der Waals surface area contributed by atoms with Gasteiger partial charge in [-0.3, -0.25) is 19.9 Å². The van der Waals surface area contributed by atoms with E-state index in [2.05, 4.69) is 47.6 Å². The van der Waals surface area contributed by atoms with Crippen molar-refractivity contribution in [3.05, 3.63) is 95.6 Å². The van der Waals surface area contributed by atoms with E-state index in [0.717, 1.165) is 22.8 Å². The van der Waals surface area contributed by atoms with Gasteiger partial charge in [-0.2, -0.15) is 0 Å². The molecule has 0 aliphatic heterocycles. The van der Waals surface area contributed by atoms with Crippen molar-refractivity contribution >= 4 is 0 Å². The fourth-order valence-electron chi connectivity index (χ4n) is 2.70. The summed E-state index contributed by atoms with van der Waals surface area (Å²) >= 11 is 0. The summed E-state index contributed by atoms with van der Waals surface area (Å²) in [5.41, 5.74) is 8.58. The smallest absolute Gasteiger partial charge is 0.0888 e. The summed E-state index contributed by atoms with van der Waals surface area (Å²) in [5, 5.41) is 0. The second-order valence-corrected chi connectivity index (χ2v) is 6.87. The van der Waals surface area contributed by atoms with Crippen LogP contribution in [0, 0.1) is 27.7 Å². The topological polar surface area (TPSA) is 51.6 Å². The van der Waals surface area contributed by atoms with E-state index in [-0.39, 0.29) is 19.8 Å². The maximum atomic E-state index is 4.29. The second-order valence-electron chi connectivity index (χ2n) is 6.87. The quantitative estimate of drug-likeness (QED) is 0.325. The Labute approximate surface area is 185 Å². The molecule has 4 aromatic rings. The van der Waals surface area contributed by atoms with Crippen LogP contribution in [0.1, 0.15) is 22.3 Å². The fourth-order valence-corrected chi connectivity index (χ4v) is 2.70. The molecule has 0 saturated heterocycles. The Kier molecular flexibility index (Phi) is 8.30. The van der Waals surface area contributed by atoms with E-state index in [1.54, 1.807) is 0 Å². The van der Waals surface area contributed by atoms with Crippen molar-refractivity contribution in [1.82, 2.24) is 19.9 Å². The molecular weight excluding hydrogens is 535 g/mol. The van der Waals surface area contributed by atoms with E-state index in [9.17, 15) is 0 Å². The Morgan fingerprint density at radius 2 is 0.621 bits per heavy atom. The minimum atomic E-state index is 0. The summed E-state index contributed by atoms with van der Waals surface area (Å²) in [4.78, 5) is 17.2. The van der Waals surface area contributed by atoms with Crippen LogP contribution in [-0.2, 0) is 19.8 Å². The normalized spacial score (nSPS) is 9.79. The van der Waals surface area contributed by atoms with E-state index >= 15 is 0 Å². The molecule has 0 radical (unpaired) electrons. The summed E-state index contributed by atoms with van der Waals surface area (Å²) in [6.07, 6.45) is 7.26. The van der Waals surface area contributed by atoms with Gasteiger partial charge in [0.1, 0.15) is 0 Å². The summed E-state index contributed by atoms with van der Waals surface area (Å²) in [6.45, 7) is 8.23. The molecule has 0 atom stereocenters. The molecule has 0 N–H and O–H groups in total. The van der Waals surface area contributed by atoms with Crippen LogP contribution in [0.3, 0.4) is 0 Å². The van der Waals surface area contributed by atoms with Gasteiger partial charge in [0.25, 0.3) is 0 Å². The predicted molar refractivity (Wildman–Crippen MR) is 114 cm³/mol. The number of rotatable bonds is 2. The molecule has 148 valence electrons. The molecule has 4 rings (SSSR count). The molecule has 4 nitrogen and oxygen atoms in total. The van der Waals surface area contributed by atoms with Crippen LogP contribution < -0.4 is 0 Å². The van der Waals surface area contributed by atoms with Crippen LogP contribution in [-0.4, -0.2) is 19.9 Å². The number of nitrogens with zero attached hydrogens (tertiary/aromatic N) is 4. The van der Waals surface area contributed by atoms with Crippen molar-refractivity contribution in [2.24, 2.45) is 0 Å². The average molecular weight is 559 g/mol. The number of aryl methyl sites for hydroxylation is 4. The van der Waals surface area contributed by atoms with E-state index in [1.165, 1.54) is 22.3 Å². The third-order valence-electron chi connectivity index (χ3n) is 4.19. The Balaban J connectivity index is 0.000000200. The van der Waals surface area contributed by atoms with Crippen molar-refractivity contribution in [3.8, 4) is 22.8 Å². The van der Waals surface area contributed by atoms with Gasteiger partial charge in [-0.15, -0.1) is 0 Å². The molecular formula is C24H24N4Os. The van der Waals surface area contributed by atoms with E-state index in [1.807, 2.05) is 73.3 Å². The van der Waals surface area contributed by atoms with Crippen LogP contribution in [0.25, 0.3) is 22.8 Å². The van der Waals surface area contributed by atoms with Crippen molar-refractivity contribution < 1.29 is 19.8 Å². The summed E-state index contributed by atoms with van der Waals surface area (Å²) in [7, 11) is 0. The molecule has 0 saturated carbocycles. The van der Waals surface area contributed by atoms with Crippen LogP contribution in [0.2, 0.25) is 0 Å². The van der Waals surface area contributed by atoms with Gasteiger partial charge >= 0.3 is 0 Å². The first-order valence-corrected chi connectivity index (χ1v) is 9.22. The first-order chi connectivity index (χ1) is 13.5. The van der Waals surface area contributed by atoms with Crippen molar-refractivity contribution in [3.63, 3.8) is 0 Å². The van der Waals surface area contributed by atoms with Crippen LogP contribution in [0.4, 0.5) is 0 Å². The van der Waals surface area contributed by atoms with Crippen LogP contribution >= 0.6 is 0 Å². The van der Waals surface area contributed by atoms with Crippen LogP contribution in [0.15, 0.2) is 73.3 Å². The Hall–Kier alpha value is -2.76. The van der Waals surface area contributed by atoms with Gasteiger partial charge in [-0.1, -0.05) is 0 Å². The van der Waals surface area contributed by atoms with E-state index in [4.69, 9.17) is 0 Å². The zero-order valence-corrected chi connectivity index (χ0v) is 19.6. The first-order valence-electron chi connectivity index (χ1n) is 9.22. The standard InChI is InChI=1S/2C12H12N2.Os/c2*1-9-3-5-13-11(7-9)12-8-10(2)4-6-14-12;/h2*3-8H,1-2H3;. The molecule has 0 fully saturated rings. The molecule has 0 bridgehead atoms. The molecule has 29 heavy (non-hydrogen) atoms. The van der Waals surface area contributed by atoms with Gasteiger partial charge in [0.05, 0.1) is 22.8 Å². The fraction of sp³-hybridized carbons (Fsp3) is 0.167. The summed E-state index contributed by atoms with van der Waals surface area (Å²) < 4.78 is 0. The predicted octanol–water partition coefficient (Wildman–Crippen LogP) is 5.52. The van der Waals surface area contributed by atoms with Gasteiger partial charge in [-0.25, -0.2) is 0 Å².